The molecule has 3 aliphatic rings. The van der Waals surface area contributed by atoms with Gasteiger partial charge in [-0.05, 0) is 51.3 Å². The number of alkyl halides is 3. The summed E-state index contributed by atoms with van der Waals surface area (Å²) in [6, 6.07) is 1.93. The predicted octanol–water partition coefficient (Wildman–Crippen LogP) is 2.79. The van der Waals surface area contributed by atoms with Crippen LogP contribution in [0.1, 0.15) is 42.5 Å². The number of hydrogen-bond acceptors (Lipinski definition) is 6. The number of likely N-dealkylation sites (tertiary alicyclic amines) is 2. The molecule has 4 heterocycles. The highest BCUT2D eigenvalue weighted by molar-refractivity contribution is 5.94. The van der Waals surface area contributed by atoms with E-state index in [1.807, 2.05) is 4.90 Å². The van der Waals surface area contributed by atoms with Crippen molar-refractivity contribution >= 4 is 11.9 Å². The van der Waals surface area contributed by atoms with Crippen molar-refractivity contribution in [1.29, 1.82) is 0 Å². The minimum absolute atomic E-state index is 0.0603. The molecule has 3 fully saturated rings. The number of carbonyl (C=O) groups excluding carboxylic acids is 1. The Hall–Kier alpha value is -2.11. The van der Waals surface area contributed by atoms with E-state index in [0.29, 0.717) is 12.2 Å². The lowest BCUT2D eigenvalue weighted by molar-refractivity contribution is -0.192. The van der Waals surface area contributed by atoms with Gasteiger partial charge >= 0.3 is 12.1 Å². The summed E-state index contributed by atoms with van der Waals surface area (Å²) in [6.45, 7) is 5.70. The first kappa shape index (κ1) is 24.5. The second-order valence-corrected chi connectivity index (χ2v) is 8.17. The van der Waals surface area contributed by atoms with Gasteiger partial charge in [-0.3, -0.25) is 4.79 Å². The van der Waals surface area contributed by atoms with Gasteiger partial charge in [-0.15, -0.1) is 0 Å². The number of carbonyl (C=O) groups is 2. The predicted molar refractivity (Wildman–Crippen MR) is 106 cm³/mol. The Balaban J connectivity index is 0.000000360. The highest BCUT2D eigenvalue weighted by Gasteiger charge is 2.42. The van der Waals surface area contributed by atoms with Gasteiger partial charge < -0.3 is 28.8 Å². The van der Waals surface area contributed by atoms with E-state index in [4.69, 9.17) is 23.8 Å². The van der Waals surface area contributed by atoms with Gasteiger partial charge in [0.15, 0.2) is 0 Å². The second-order valence-electron chi connectivity index (χ2n) is 8.17. The summed E-state index contributed by atoms with van der Waals surface area (Å²) < 4.78 is 48.9. The average Bonchev–Trinajstić information content (AvgIpc) is 3.52. The van der Waals surface area contributed by atoms with Crippen LogP contribution in [0, 0.1) is 0 Å². The van der Waals surface area contributed by atoms with Crippen LogP contribution in [0.15, 0.2) is 23.0 Å². The number of halogens is 3. The van der Waals surface area contributed by atoms with Crippen LogP contribution in [0.4, 0.5) is 13.2 Å². The molecule has 0 spiro atoms. The number of nitrogens with zero attached hydrogens (tertiary/aromatic N) is 2. The Morgan fingerprint density at radius 1 is 1.16 bits per heavy atom. The van der Waals surface area contributed by atoms with Crippen LogP contribution >= 0.6 is 0 Å². The van der Waals surface area contributed by atoms with Crippen LogP contribution in [-0.2, 0) is 14.3 Å². The van der Waals surface area contributed by atoms with Crippen LogP contribution in [0.25, 0.3) is 0 Å². The van der Waals surface area contributed by atoms with Gasteiger partial charge in [-0.2, -0.15) is 13.2 Å². The molecule has 180 valence electrons. The van der Waals surface area contributed by atoms with E-state index >= 15 is 0 Å². The Labute approximate surface area is 184 Å². The van der Waals surface area contributed by atoms with Crippen molar-refractivity contribution < 1.29 is 41.8 Å². The van der Waals surface area contributed by atoms with Crippen LogP contribution < -0.4 is 0 Å². The number of carboxylic acid groups (broad SMARTS) is 1. The van der Waals surface area contributed by atoms with Gasteiger partial charge in [0, 0.05) is 13.1 Å². The summed E-state index contributed by atoms with van der Waals surface area (Å²) in [6.07, 6.45) is 3.82. The number of hydrogen-bond donors (Lipinski definition) is 1. The highest BCUT2D eigenvalue weighted by Crippen LogP contribution is 2.32. The molecule has 3 aliphatic heterocycles. The molecule has 1 N–H and O–H groups in total. The molecule has 0 bridgehead atoms. The molecule has 1 aromatic heterocycles. The average molecular weight is 462 g/mol. The quantitative estimate of drug-likeness (QED) is 0.650. The number of aliphatic carboxylic acids is 1. The Morgan fingerprint density at radius 3 is 2.50 bits per heavy atom. The van der Waals surface area contributed by atoms with Crippen molar-refractivity contribution in [2.75, 3.05) is 39.4 Å². The Bertz CT molecular complexity index is 736. The van der Waals surface area contributed by atoms with Crippen molar-refractivity contribution in [2.24, 2.45) is 0 Å². The normalized spacial score (nSPS) is 25.8. The summed E-state index contributed by atoms with van der Waals surface area (Å²) in [5.74, 6) is -2.70. The molecule has 0 unspecified atom stereocenters. The molecule has 0 saturated carbocycles. The van der Waals surface area contributed by atoms with E-state index < -0.39 is 12.1 Å². The molecule has 0 aromatic carbocycles. The number of carboxylic acids is 1. The summed E-state index contributed by atoms with van der Waals surface area (Å²) in [5, 5.41) is 7.12. The maximum atomic E-state index is 12.6. The largest absolute Gasteiger partial charge is 0.490 e. The molecule has 0 radical (unpaired) electrons. The maximum absolute atomic E-state index is 12.6. The van der Waals surface area contributed by atoms with Crippen molar-refractivity contribution in [1.82, 2.24) is 9.80 Å². The molecule has 0 aliphatic carbocycles. The van der Waals surface area contributed by atoms with E-state index in [9.17, 15) is 18.0 Å². The molecule has 1 aromatic rings. The molecular weight excluding hydrogens is 433 g/mol. The zero-order chi connectivity index (χ0) is 23.1. The van der Waals surface area contributed by atoms with Gasteiger partial charge in [-0.25, -0.2) is 4.79 Å². The molecule has 3 saturated heterocycles. The zero-order valence-electron chi connectivity index (χ0n) is 17.8. The van der Waals surface area contributed by atoms with Crippen LogP contribution in [0.3, 0.4) is 0 Å². The molecule has 1 amide bonds. The van der Waals surface area contributed by atoms with E-state index in [0.717, 1.165) is 39.0 Å². The molecule has 32 heavy (non-hydrogen) atoms. The fourth-order valence-corrected chi connectivity index (χ4v) is 4.34. The first-order valence-electron chi connectivity index (χ1n) is 10.8. The molecular formula is C21H29F3N2O6. The highest BCUT2D eigenvalue weighted by atomic mass is 19.4. The minimum atomic E-state index is -5.08. The van der Waals surface area contributed by atoms with Crippen molar-refractivity contribution in [2.45, 2.75) is 56.5 Å². The van der Waals surface area contributed by atoms with E-state index in [1.165, 1.54) is 32.2 Å². The fraction of sp³-hybridized carbons (Fsp3) is 0.714. The van der Waals surface area contributed by atoms with Crippen LogP contribution in [0.2, 0.25) is 0 Å². The third-order valence-electron chi connectivity index (χ3n) is 5.96. The number of furan rings is 1. The van der Waals surface area contributed by atoms with E-state index in [1.54, 1.807) is 12.3 Å². The maximum Gasteiger partial charge on any atom is 0.490 e. The summed E-state index contributed by atoms with van der Waals surface area (Å²) in [4.78, 5) is 25.9. The standard InChI is InChI=1S/C19H28N2O4.C2HF3O2/c22-19(15-6-11-23-13-15)21-9-5-18-17(21)4-3-16(25-18)14-24-12-10-20-7-1-2-8-20;3-2(4,5)1(6)7/h6,11,13,16-18H,1-5,7-10,12,14H2;(H,6,7)/t16-,17+,18+;/m1./s1. The molecule has 11 heteroatoms. The molecule has 4 rings (SSSR count). The Morgan fingerprint density at radius 2 is 1.88 bits per heavy atom. The van der Waals surface area contributed by atoms with Crippen molar-refractivity contribution in [3.8, 4) is 0 Å². The summed E-state index contributed by atoms with van der Waals surface area (Å²) in [5.41, 5.74) is 0.632. The fourth-order valence-electron chi connectivity index (χ4n) is 4.34. The summed E-state index contributed by atoms with van der Waals surface area (Å²) in [7, 11) is 0. The smallest absolute Gasteiger partial charge is 0.475 e. The topological polar surface area (TPSA) is 92.4 Å². The van der Waals surface area contributed by atoms with Crippen molar-refractivity contribution in [3.05, 3.63) is 24.2 Å². The number of ether oxygens (including phenoxy) is 2. The van der Waals surface area contributed by atoms with E-state index in [2.05, 4.69) is 4.90 Å². The first-order valence-corrected chi connectivity index (χ1v) is 10.8. The van der Waals surface area contributed by atoms with Crippen molar-refractivity contribution in [3.63, 3.8) is 0 Å². The van der Waals surface area contributed by atoms with Gasteiger partial charge in [0.1, 0.15) is 6.26 Å². The first-order chi connectivity index (χ1) is 15.3. The number of amides is 1. The van der Waals surface area contributed by atoms with Crippen LogP contribution in [-0.4, -0.2) is 90.6 Å². The Kier molecular flexibility index (Phi) is 8.55. The lowest BCUT2D eigenvalue weighted by atomic mass is 9.99. The SMILES string of the molecule is O=C(O)C(F)(F)F.O=C(c1ccoc1)N1CC[C@@H]2O[C@@H](COCCN3CCCC3)CC[C@@H]21. The number of fused-ring (bicyclic) bond motifs is 1. The minimum Gasteiger partial charge on any atom is -0.475 e. The lowest BCUT2D eigenvalue weighted by Crippen LogP contribution is -2.46. The summed E-state index contributed by atoms with van der Waals surface area (Å²) >= 11 is 0. The van der Waals surface area contributed by atoms with E-state index in [-0.39, 0.29) is 24.2 Å². The number of rotatable bonds is 6. The van der Waals surface area contributed by atoms with Crippen LogP contribution in [0.5, 0.6) is 0 Å². The zero-order valence-corrected chi connectivity index (χ0v) is 17.8. The third kappa shape index (κ3) is 6.69. The van der Waals surface area contributed by atoms with Gasteiger partial charge in [0.2, 0.25) is 0 Å². The van der Waals surface area contributed by atoms with Gasteiger partial charge in [0.05, 0.1) is 43.3 Å². The molecule has 3 atom stereocenters. The monoisotopic (exact) mass is 462 g/mol. The van der Waals surface area contributed by atoms with Gasteiger partial charge in [0.25, 0.3) is 5.91 Å². The third-order valence-corrected chi connectivity index (χ3v) is 5.96. The van der Waals surface area contributed by atoms with Gasteiger partial charge in [-0.1, -0.05) is 0 Å². The molecule has 8 nitrogen and oxygen atoms in total. The second kappa shape index (κ2) is 11.2. The lowest BCUT2D eigenvalue weighted by Gasteiger charge is -2.35.